The van der Waals surface area contributed by atoms with Gasteiger partial charge in [-0.05, 0) is 30.2 Å². The lowest BCUT2D eigenvalue weighted by atomic mass is 9.98. The molecule has 0 bridgehead atoms. The summed E-state index contributed by atoms with van der Waals surface area (Å²) in [7, 11) is 0. The van der Waals surface area contributed by atoms with Gasteiger partial charge in [0.25, 0.3) is 0 Å². The SMILES string of the molecule is Cc1c[n+]([O-])ccc1CN1C[C@@H](c2cc(F)c(F)c(F)c2)CC1=O. The summed E-state index contributed by atoms with van der Waals surface area (Å²) in [5.41, 5.74) is 1.85. The number of benzene rings is 1. The van der Waals surface area contributed by atoms with Crippen LogP contribution in [0.4, 0.5) is 13.2 Å². The minimum atomic E-state index is -1.51. The standard InChI is InChI=1S/C17H15F3N2O2/c1-10-7-22(24)3-2-11(10)8-21-9-13(6-16(21)23)12-4-14(18)17(20)15(19)5-12/h2-5,7,13H,6,8-9H2,1H3/t13-/m0/s1. The number of aryl methyl sites for hydroxylation is 1. The largest absolute Gasteiger partial charge is 0.619 e. The topological polar surface area (TPSA) is 47.2 Å². The van der Waals surface area contributed by atoms with Crippen molar-refractivity contribution >= 4 is 5.91 Å². The van der Waals surface area contributed by atoms with Crippen LogP contribution in [0, 0.1) is 29.6 Å². The zero-order valence-corrected chi connectivity index (χ0v) is 12.9. The maximum Gasteiger partial charge on any atom is 0.223 e. The molecule has 1 aliphatic rings. The molecule has 0 unspecified atom stereocenters. The molecule has 1 atom stereocenters. The molecular weight excluding hydrogens is 321 g/mol. The highest BCUT2D eigenvalue weighted by Crippen LogP contribution is 2.31. The number of aromatic nitrogens is 1. The van der Waals surface area contributed by atoms with Gasteiger partial charge in [-0.2, -0.15) is 4.73 Å². The lowest BCUT2D eigenvalue weighted by Gasteiger charge is -2.18. The maximum atomic E-state index is 13.4. The number of carbonyl (C=O) groups is 1. The van der Waals surface area contributed by atoms with E-state index in [1.165, 1.54) is 12.4 Å². The fourth-order valence-corrected chi connectivity index (χ4v) is 2.95. The van der Waals surface area contributed by atoms with E-state index < -0.39 is 23.4 Å². The molecule has 2 heterocycles. The third-order valence-electron chi connectivity index (χ3n) is 4.30. The zero-order valence-electron chi connectivity index (χ0n) is 12.9. The Labute approximate surface area is 136 Å². The van der Waals surface area contributed by atoms with Crippen LogP contribution in [0.15, 0.2) is 30.6 Å². The van der Waals surface area contributed by atoms with Gasteiger partial charge in [-0.3, -0.25) is 4.79 Å². The Morgan fingerprint density at radius 3 is 2.58 bits per heavy atom. The fraction of sp³-hybridized carbons (Fsp3) is 0.294. The van der Waals surface area contributed by atoms with Gasteiger partial charge in [-0.1, -0.05) is 0 Å². The van der Waals surface area contributed by atoms with E-state index in [0.717, 1.165) is 23.3 Å². The zero-order chi connectivity index (χ0) is 17.4. The van der Waals surface area contributed by atoms with Gasteiger partial charge in [-0.15, -0.1) is 0 Å². The molecule has 1 aromatic carbocycles. The van der Waals surface area contributed by atoms with E-state index in [9.17, 15) is 23.2 Å². The molecule has 126 valence electrons. The lowest BCUT2D eigenvalue weighted by molar-refractivity contribution is -0.605. The molecule has 24 heavy (non-hydrogen) atoms. The minimum absolute atomic E-state index is 0.109. The van der Waals surface area contributed by atoms with E-state index >= 15 is 0 Å². The first-order valence-electron chi connectivity index (χ1n) is 7.45. The summed E-state index contributed by atoms with van der Waals surface area (Å²) in [6.45, 7) is 2.37. The summed E-state index contributed by atoms with van der Waals surface area (Å²) < 4.78 is 40.5. The van der Waals surface area contributed by atoms with E-state index in [1.54, 1.807) is 17.9 Å². The number of amides is 1. The highest BCUT2D eigenvalue weighted by Gasteiger charge is 2.32. The Morgan fingerprint density at radius 1 is 1.29 bits per heavy atom. The number of likely N-dealkylation sites (tertiary alicyclic amines) is 1. The first-order valence-corrected chi connectivity index (χ1v) is 7.45. The summed E-state index contributed by atoms with van der Waals surface area (Å²) in [6, 6.07) is 3.52. The van der Waals surface area contributed by atoms with Crippen molar-refractivity contribution in [3.8, 4) is 0 Å². The lowest BCUT2D eigenvalue weighted by Crippen LogP contribution is -2.28. The van der Waals surface area contributed by atoms with Gasteiger partial charge >= 0.3 is 0 Å². The third kappa shape index (κ3) is 3.06. The Bertz CT molecular complexity index is 787. The van der Waals surface area contributed by atoms with Crippen molar-refractivity contribution in [1.82, 2.24) is 4.90 Å². The number of carbonyl (C=O) groups excluding carboxylic acids is 1. The summed E-state index contributed by atoms with van der Waals surface area (Å²) in [4.78, 5) is 13.7. The Morgan fingerprint density at radius 2 is 1.96 bits per heavy atom. The van der Waals surface area contributed by atoms with Crippen LogP contribution in [0.1, 0.15) is 29.0 Å². The summed E-state index contributed by atoms with van der Waals surface area (Å²) in [6.07, 6.45) is 2.88. The van der Waals surface area contributed by atoms with Crippen molar-refractivity contribution in [3.63, 3.8) is 0 Å². The van der Waals surface area contributed by atoms with Crippen molar-refractivity contribution in [1.29, 1.82) is 0 Å². The van der Waals surface area contributed by atoms with Gasteiger partial charge in [0.1, 0.15) is 0 Å². The van der Waals surface area contributed by atoms with Crippen molar-refractivity contribution < 1.29 is 22.7 Å². The van der Waals surface area contributed by atoms with Crippen molar-refractivity contribution in [2.45, 2.75) is 25.8 Å². The molecule has 1 amide bonds. The molecule has 2 aromatic rings. The van der Waals surface area contributed by atoms with Crippen LogP contribution in [-0.4, -0.2) is 17.4 Å². The van der Waals surface area contributed by atoms with Crippen molar-refractivity contribution in [3.05, 3.63) is 69.9 Å². The quantitative estimate of drug-likeness (QED) is 0.491. The number of rotatable bonds is 3. The highest BCUT2D eigenvalue weighted by molar-refractivity contribution is 5.79. The smallest absolute Gasteiger partial charge is 0.223 e. The molecule has 0 radical (unpaired) electrons. The second-order valence-corrected chi connectivity index (χ2v) is 5.99. The molecule has 0 N–H and O–H groups in total. The molecule has 0 aliphatic carbocycles. The van der Waals surface area contributed by atoms with Gasteiger partial charge in [-0.25, -0.2) is 13.2 Å². The van der Waals surface area contributed by atoms with Crippen LogP contribution < -0.4 is 4.73 Å². The summed E-state index contributed by atoms with van der Waals surface area (Å²) >= 11 is 0. The van der Waals surface area contributed by atoms with Crippen LogP contribution in [-0.2, 0) is 11.3 Å². The van der Waals surface area contributed by atoms with Gasteiger partial charge in [0, 0.05) is 37.1 Å². The second-order valence-electron chi connectivity index (χ2n) is 5.99. The molecule has 7 heteroatoms. The predicted octanol–water partition coefficient (Wildman–Crippen LogP) is 2.56. The average Bonchev–Trinajstić information content (AvgIpc) is 2.88. The Kier molecular flexibility index (Phi) is 4.17. The van der Waals surface area contributed by atoms with Gasteiger partial charge in [0.15, 0.2) is 29.8 Å². The third-order valence-corrected chi connectivity index (χ3v) is 4.30. The van der Waals surface area contributed by atoms with Crippen LogP contribution in [0.3, 0.4) is 0 Å². The van der Waals surface area contributed by atoms with Crippen LogP contribution >= 0.6 is 0 Å². The molecule has 4 nitrogen and oxygen atoms in total. The number of hydrogen-bond acceptors (Lipinski definition) is 2. The normalized spacial score (nSPS) is 17.6. The predicted molar refractivity (Wildman–Crippen MR) is 79.2 cm³/mol. The van der Waals surface area contributed by atoms with Gasteiger partial charge in [0.2, 0.25) is 5.91 Å². The number of halogens is 3. The molecule has 0 spiro atoms. The molecule has 1 saturated heterocycles. The molecule has 3 rings (SSSR count). The van der Waals surface area contributed by atoms with Crippen LogP contribution in [0.2, 0.25) is 0 Å². The van der Waals surface area contributed by atoms with Gasteiger partial charge in [0.05, 0.1) is 0 Å². The van der Waals surface area contributed by atoms with Crippen molar-refractivity contribution in [2.24, 2.45) is 0 Å². The first-order chi connectivity index (χ1) is 11.3. The number of nitrogens with zero attached hydrogens (tertiary/aromatic N) is 2. The second kappa shape index (κ2) is 6.14. The Balaban J connectivity index is 1.78. The van der Waals surface area contributed by atoms with E-state index in [0.29, 0.717) is 11.3 Å². The molecular formula is C17H15F3N2O2. The van der Waals surface area contributed by atoms with Crippen LogP contribution in [0.5, 0.6) is 0 Å². The van der Waals surface area contributed by atoms with E-state index in [-0.39, 0.29) is 24.4 Å². The minimum Gasteiger partial charge on any atom is -0.619 e. The van der Waals surface area contributed by atoms with E-state index in [2.05, 4.69) is 0 Å². The number of hydrogen-bond donors (Lipinski definition) is 0. The van der Waals surface area contributed by atoms with E-state index in [1.807, 2.05) is 0 Å². The molecule has 1 fully saturated rings. The average molecular weight is 336 g/mol. The molecule has 1 aliphatic heterocycles. The van der Waals surface area contributed by atoms with E-state index in [4.69, 9.17) is 0 Å². The monoisotopic (exact) mass is 336 g/mol. The number of pyridine rings is 1. The molecule has 1 aromatic heterocycles. The highest BCUT2D eigenvalue weighted by atomic mass is 19.2. The summed E-state index contributed by atoms with van der Waals surface area (Å²) in [5.74, 6) is -4.56. The van der Waals surface area contributed by atoms with Crippen LogP contribution in [0.25, 0.3) is 0 Å². The molecule has 0 saturated carbocycles. The van der Waals surface area contributed by atoms with Crippen molar-refractivity contribution in [2.75, 3.05) is 6.54 Å². The van der Waals surface area contributed by atoms with Gasteiger partial charge < -0.3 is 10.1 Å². The first kappa shape index (κ1) is 16.3. The summed E-state index contributed by atoms with van der Waals surface area (Å²) in [5, 5.41) is 11.2. The maximum absolute atomic E-state index is 13.4. The fourth-order valence-electron chi connectivity index (χ4n) is 2.95. The Hall–Kier alpha value is -2.57.